The third kappa shape index (κ3) is 2.68. The average molecular weight is 429 g/mol. The lowest BCUT2D eigenvalue weighted by molar-refractivity contribution is 0.254. The third-order valence-electron chi connectivity index (χ3n) is 3.39. The monoisotopic (exact) mass is 428 g/mol. The van der Waals surface area contributed by atoms with Gasteiger partial charge in [-0.2, -0.15) is 0 Å². The summed E-state index contributed by atoms with van der Waals surface area (Å²) in [7, 11) is 0. The van der Waals surface area contributed by atoms with Crippen LogP contribution in [0.3, 0.4) is 0 Å². The van der Waals surface area contributed by atoms with Gasteiger partial charge in [0.05, 0.1) is 4.83 Å². The van der Waals surface area contributed by atoms with Crippen LogP contribution in [0.25, 0.3) is 0 Å². The van der Waals surface area contributed by atoms with E-state index in [0.717, 1.165) is 12.2 Å². The normalized spacial score (nSPS) is 18.8. The molecule has 2 aromatic rings. The maximum atomic E-state index is 5.75. The lowest BCUT2D eigenvalue weighted by Crippen LogP contribution is -2.05. The van der Waals surface area contributed by atoms with Gasteiger partial charge in [0.25, 0.3) is 0 Å². The van der Waals surface area contributed by atoms with Gasteiger partial charge in [-0.1, -0.05) is 46.3 Å². The second-order valence-corrected chi connectivity index (χ2v) is 6.96. The van der Waals surface area contributed by atoms with E-state index in [0.29, 0.717) is 6.10 Å². The second kappa shape index (κ2) is 5.44. The molecular weight excluding hydrogens is 415 g/mol. The maximum absolute atomic E-state index is 5.75. The van der Waals surface area contributed by atoms with Gasteiger partial charge in [0.15, 0.2) is 0 Å². The molecule has 0 radical (unpaired) electrons. The van der Waals surface area contributed by atoms with Gasteiger partial charge in [-0.05, 0) is 58.3 Å². The molecule has 0 amide bonds. The molecule has 98 valence electrons. The van der Waals surface area contributed by atoms with Crippen LogP contribution in [0.1, 0.15) is 28.4 Å². The number of hydrogen-bond acceptors (Lipinski definition) is 1. The molecule has 19 heavy (non-hydrogen) atoms. The van der Waals surface area contributed by atoms with Crippen molar-refractivity contribution in [3.8, 4) is 5.75 Å². The van der Waals surface area contributed by atoms with E-state index in [1.807, 2.05) is 0 Å². The Labute approximate surface area is 135 Å². The molecule has 1 nitrogen and oxygen atoms in total. The quantitative estimate of drug-likeness (QED) is 0.477. The van der Waals surface area contributed by atoms with Crippen molar-refractivity contribution < 1.29 is 4.74 Å². The lowest BCUT2D eigenvalue weighted by atomic mass is 10.0. The Balaban J connectivity index is 1.95. The summed E-state index contributed by atoms with van der Waals surface area (Å²) in [5, 5.41) is 0. The van der Waals surface area contributed by atoms with Crippen molar-refractivity contribution in [3.05, 3.63) is 62.7 Å². The largest absolute Gasteiger partial charge is 0.490 e. The van der Waals surface area contributed by atoms with Gasteiger partial charge in [-0.25, -0.2) is 0 Å². The fourth-order valence-electron chi connectivity index (χ4n) is 2.46. The van der Waals surface area contributed by atoms with Gasteiger partial charge in [0.2, 0.25) is 0 Å². The summed E-state index contributed by atoms with van der Waals surface area (Å²) in [6, 6.07) is 15.0. The maximum Gasteiger partial charge on any atom is 0.123 e. The van der Waals surface area contributed by atoms with E-state index in [2.05, 4.69) is 87.9 Å². The van der Waals surface area contributed by atoms with Crippen LogP contribution in [0.2, 0.25) is 0 Å². The van der Waals surface area contributed by atoms with E-state index in [4.69, 9.17) is 4.74 Å². The summed E-state index contributed by atoms with van der Waals surface area (Å²) in [5.41, 5.74) is 3.93. The fourth-order valence-corrected chi connectivity index (χ4v) is 4.27. The predicted molar refractivity (Wildman–Crippen MR) is 90.2 cm³/mol. The molecule has 3 rings (SSSR count). The van der Waals surface area contributed by atoms with Crippen LogP contribution in [-0.2, 0) is 6.42 Å². The van der Waals surface area contributed by atoms with Crippen molar-refractivity contribution >= 4 is 38.5 Å². The Bertz CT molecular complexity index is 611. The smallest absolute Gasteiger partial charge is 0.123 e. The molecule has 1 heterocycles. The first-order valence-electron chi connectivity index (χ1n) is 6.33. The van der Waals surface area contributed by atoms with Crippen LogP contribution in [0.15, 0.2) is 42.5 Å². The van der Waals surface area contributed by atoms with E-state index in [9.17, 15) is 0 Å². The van der Waals surface area contributed by atoms with Crippen LogP contribution >= 0.6 is 38.5 Å². The summed E-state index contributed by atoms with van der Waals surface area (Å²) < 4.78 is 7.04. The highest BCUT2D eigenvalue weighted by atomic mass is 127. The van der Waals surface area contributed by atoms with Gasteiger partial charge in [-0.3, -0.25) is 0 Å². The van der Waals surface area contributed by atoms with Crippen LogP contribution in [-0.4, -0.2) is 6.10 Å². The molecule has 0 saturated heterocycles. The van der Waals surface area contributed by atoms with Gasteiger partial charge in [0.1, 0.15) is 11.9 Å². The minimum Gasteiger partial charge on any atom is -0.490 e. The first-order valence-corrected chi connectivity index (χ1v) is 8.32. The van der Waals surface area contributed by atoms with Gasteiger partial charge < -0.3 is 4.74 Å². The molecule has 0 bridgehead atoms. The zero-order valence-corrected chi connectivity index (χ0v) is 14.3. The van der Waals surface area contributed by atoms with Crippen molar-refractivity contribution in [3.63, 3.8) is 0 Å². The zero-order valence-electron chi connectivity index (χ0n) is 10.6. The Morgan fingerprint density at radius 2 is 2.05 bits per heavy atom. The van der Waals surface area contributed by atoms with Crippen LogP contribution in [0, 0.1) is 3.57 Å². The Morgan fingerprint density at radius 3 is 2.84 bits per heavy atom. The molecule has 1 aliphatic heterocycles. The average Bonchev–Trinajstić information content (AvgIpc) is 2.77. The topological polar surface area (TPSA) is 9.23 Å². The number of halogens is 2. The molecule has 0 spiro atoms. The number of alkyl halides is 1. The Hall–Kier alpha value is -0.550. The van der Waals surface area contributed by atoms with Crippen molar-refractivity contribution in [2.24, 2.45) is 0 Å². The summed E-state index contributed by atoms with van der Waals surface area (Å²) in [5.74, 6) is 1.04. The number of hydrogen-bond donors (Lipinski definition) is 0. The molecule has 2 atom stereocenters. The van der Waals surface area contributed by atoms with Crippen LogP contribution in [0.4, 0.5) is 0 Å². The molecule has 0 N–H and O–H groups in total. The summed E-state index contributed by atoms with van der Waals surface area (Å²) in [6.07, 6.45) is 1.31. The lowest BCUT2D eigenvalue weighted by Gasteiger charge is -2.13. The minimum absolute atomic E-state index is 0.238. The molecule has 0 fully saturated rings. The van der Waals surface area contributed by atoms with Crippen LogP contribution in [0.5, 0.6) is 5.75 Å². The van der Waals surface area contributed by atoms with E-state index in [1.54, 1.807) is 0 Å². The predicted octanol–water partition coefficient (Wildman–Crippen LogP) is 5.10. The molecule has 2 aromatic carbocycles. The van der Waals surface area contributed by atoms with E-state index in [1.165, 1.54) is 20.3 Å². The summed E-state index contributed by atoms with van der Waals surface area (Å²) >= 11 is 6.21. The molecule has 0 aromatic heterocycles. The third-order valence-corrected chi connectivity index (χ3v) is 5.40. The van der Waals surface area contributed by atoms with Crippen molar-refractivity contribution in [2.45, 2.75) is 24.3 Å². The fraction of sp³-hybridized carbons (Fsp3) is 0.250. The van der Waals surface area contributed by atoms with Crippen LogP contribution < -0.4 is 4.74 Å². The van der Waals surface area contributed by atoms with Gasteiger partial charge in [0, 0.05) is 9.99 Å². The molecule has 3 heteroatoms. The molecule has 0 saturated carbocycles. The standard InChI is InChI=1S/C16H14BrIO/c1-10-8-12-9-11(6-7-15(12)19-10)16(17)13-4-2-3-5-14(13)18/h2-7,9-10,16H,8H2,1H3. The molecule has 2 unspecified atom stereocenters. The Morgan fingerprint density at radius 1 is 1.26 bits per heavy atom. The first kappa shape index (κ1) is 13.4. The van der Waals surface area contributed by atoms with Gasteiger partial charge in [-0.15, -0.1) is 0 Å². The van der Waals surface area contributed by atoms with Crippen molar-refractivity contribution in [1.82, 2.24) is 0 Å². The summed E-state index contributed by atoms with van der Waals surface area (Å²) in [4.78, 5) is 0.238. The summed E-state index contributed by atoms with van der Waals surface area (Å²) in [6.45, 7) is 2.12. The van der Waals surface area contributed by atoms with E-state index >= 15 is 0 Å². The molecule has 0 aliphatic carbocycles. The SMILES string of the molecule is CC1Cc2cc(C(Br)c3ccccc3I)ccc2O1. The minimum atomic E-state index is 0.238. The highest BCUT2D eigenvalue weighted by Gasteiger charge is 2.21. The highest BCUT2D eigenvalue weighted by molar-refractivity contribution is 14.1. The van der Waals surface area contributed by atoms with Crippen molar-refractivity contribution in [2.75, 3.05) is 0 Å². The van der Waals surface area contributed by atoms with Crippen molar-refractivity contribution in [1.29, 1.82) is 0 Å². The molecular formula is C16H14BrIO. The highest BCUT2D eigenvalue weighted by Crippen LogP contribution is 2.37. The Kier molecular flexibility index (Phi) is 3.85. The van der Waals surface area contributed by atoms with E-state index < -0.39 is 0 Å². The van der Waals surface area contributed by atoms with Gasteiger partial charge >= 0.3 is 0 Å². The molecule has 1 aliphatic rings. The second-order valence-electron chi connectivity index (χ2n) is 4.88. The number of rotatable bonds is 2. The van der Waals surface area contributed by atoms with E-state index in [-0.39, 0.29) is 4.83 Å². The number of benzene rings is 2. The number of fused-ring (bicyclic) bond motifs is 1. The zero-order chi connectivity index (χ0) is 13.4. The number of ether oxygens (including phenoxy) is 1. The first-order chi connectivity index (χ1) is 9.15.